The molecule has 3 rings (SSSR count). The number of anilines is 1. The van der Waals surface area contributed by atoms with Crippen LogP contribution in [0, 0.1) is 11.3 Å². The van der Waals surface area contributed by atoms with Crippen LogP contribution < -0.4 is 19.1 Å². The molecule has 7 nitrogen and oxygen atoms in total. The van der Waals surface area contributed by atoms with Gasteiger partial charge in [0.2, 0.25) is 11.8 Å². The standard InChI is InChI=1S/C24H26N4O3/c1-29-21-10-6-18(7-11-21)16-28(17-19-8-12-22(30-2)13-9-19)24-26-15-20(5-4-14-25)23(27-24)31-3/h6-13,15H,4-5,16-17H2,1-3H3. The van der Waals surface area contributed by atoms with Gasteiger partial charge in [-0.2, -0.15) is 10.2 Å². The second-order valence-corrected chi connectivity index (χ2v) is 6.91. The molecule has 0 unspecified atom stereocenters. The third-order valence-corrected chi connectivity index (χ3v) is 4.86. The third-order valence-electron chi connectivity index (χ3n) is 4.86. The molecule has 0 atom stereocenters. The zero-order chi connectivity index (χ0) is 22.1. The fraction of sp³-hybridized carbons (Fsp3) is 0.292. The number of benzene rings is 2. The number of methoxy groups -OCH3 is 3. The van der Waals surface area contributed by atoms with Gasteiger partial charge < -0.3 is 19.1 Å². The molecule has 0 N–H and O–H groups in total. The summed E-state index contributed by atoms with van der Waals surface area (Å²) in [4.78, 5) is 11.3. The predicted molar refractivity (Wildman–Crippen MR) is 118 cm³/mol. The first-order valence-electron chi connectivity index (χ1n) is 9.94. The number of aryl methyl sites for hydroxylation is 1. The van der Waals surface area contributed by atoms with Crippen LogP contribution in [-0.4, -0.2) is 31.3 Å². The van der Waals surface area contributed by atoms with Crippen LogP contribution in [0.2, 0.25) is 0 Å². The van der Waals surface area contributed by atoms with Gasteiger partial charge in [0.25, 0.3) is 0 Å². The highest BCUT2D eigenvalue weighted by Crippen LogP contribution is 2.24. The Bertz CT molecular complexity index is 965. The van der Waals surface area contributed by atoms with Gasteiger partial charge in [0.15, 0.2) is 0 Å². The van der Waals surface area contributed by atoms with Crippen LogP contribution in [0.4, 0.5) is 5.95 Å². The van der Waals surface area contributed by atoms with Crippen molar-refractivity contribution in [3.63, 3.8) is 0 Å². The predicted octanol–water partition coefficient (Wildman–Crippen LogP) is 4.17. The summed E-state index contributed by atoms with van der Waals surface area (Å²) in [7, 11) is 4.89. The molecule has 0 spiro atoms. The molecule has 0 saturated carbocycles. The molecule has 31 heavy (non-hydrogen) atoms. The lowest BCUT2D eigenvalue weighted by molar-refractivity contribution is 0.391. The first-order chi connectivity index (χ1) is 15.2. The minimum Gasteiger partial charge on any atom is -0.497 e. The topological polar surface area (TPSA) is 80.5 Å². The summed E-state index contributed by atoms with van der Waals surface area (Å²) < 4.78 is 16.0. The minimum atomic E-state index is 0.389. The van der Waals surface area contributed by atoms with Gasteiger partial charge in [-0.25, -0.2) is 4.98 Å². The Labute approximate surface area is 182 Å². The molecule has 0 bridgehead atoms. The van der Waals surface area contributed by atoms with Crippen LogP contribution in [0.25, 0.3) is 0 Å². The summed E-state index contributed by atoms with van der Waals surface area (Å²) in [5.41, 5.74) is 3.03. The van der Waals surface area contributed by atoms with Crippen molar-refractivity contribution < 1.29 is 14.2 Å². The monoisotopic (exact) mass is 418 g/mol. The van der Waals surface area contributed by atoms with Crippen molar-refractivity contribution >= 4 is 5.95 Å². The fourth-order valence-electron chi connectivity index (χ4n) is 3.17. The summed E-state index contributed by atoms with van der Waals surface area (Å²) in [6, 6.07) is 18.0. The van der Waals surface area contributed by atoms with Crippen molar-refractivity contribution in [3.8, 4) is 23.4 Å². The second-order valence-electron chi connectivity index (χ2n) is 6.91. The first kappa shape index (κ1) is 21.9. The van der Waals surface area contributed by atoms with Gasteiger partial charge >= 0.3 is 0 Å². The van der Waals surface area contributed by atoms with Crippen LogP contribution in [0.5, 0.6) is 17.4 Å². The highest BCUT2D eigenvalue weighted by Gasteiger charge is 2.15. The molecule has 1 heterocycles. The number of aromatic nitrogens is 2. The van der Waals surface area contributed by atoms with Crippen molar-refractivity contribution in [3.05, 3.63) is 71.4 Å². The van der Waals surface area contributed by atoms with Crippen molar-refractivity contribution in [2.24, 2.45) is 0 Å². The summed E-state index contributed by atoms with van der Waals surface area (Å²) in [6.07, 6.45) is 2.69. The number of hydrogen-bond acceptors (Lipinski definition) is 7. The normalized spacial score (nSPS) is 10.3. The Kier molecular flexibility index (Phi) is 7.66. The third kappa shape index (κ3) is 5.86. The van der Waals surface area contributed by atoms with Crippen molar-refractivity contribution in [1.82, 2.24) is 9.97 Å². The Morgan fingerprint density at radius 2 is 1.39 bits per heavy atom. The highest BCUT2D eigenvalue weighted by molar-refractivity contribution is 5.40. The van der Waals surface area contributed by atoms with E-state index in [1.165, 1.54) is 0 Å². The highest BCUT2D eigenvalue weighted by atomic mass is 16.5. The molecule has 3 aromatic rings. The molecule has 2 aromatic carbocycles. The van der Waals surface area contributed by atoms with Crippen LogP contribution in [0.3, 0.4) is 0 Å². The van der Waals surface area contributed by atoms with E-state index < -0.39 is 0 Å². The maximum Gasteiger partial charge on any atom is 0.229 e. The van der Waals surface area contributed by atoms with E-state index in [1.807, 2.05) is 48.5 Å². The number of nitrogens with zero attached hydrogens (tertiary/aromatic N) is 4. The van der Waals surface area contributed by atoms with Crippen molar-refractivity contribution in [2.75, 3.05) is 26.2 Å². The lowest BCUT2D eigenvalue weighted by Gasteiger charge is -2.24. The van der Waals surface area contributed by atoms with Crippen molar-refractivity contribution in [1.29, 1.82) is 5.26 Å². The molecule has 0 aliphatic rings. The van der Waals surface area contributed by atoms with Crippen LogP contribution in [0.1, 0.15) is 23.1 Å². The SMILES string of the molecule is COc1ccc(CN(Cc2ccc(OC)cc2)c2ncc(CCC#N)c(OC)n2)cc1. The van der Waals surface area contributed by atoms with Crippen LogP contribution >= 0.6 is 0 Å². The Morgan fingerprint density at radius 1 is 0.839 bits per heavy atom. The largest absolute Gasteiger partial charge is 0.497 e. The maximum absolute atomic E-state index is 8.88. The number of hydrogen-bond donors (Lipinski definition) is 0. The van der Waals surface area contributed by atoms with Gasteiger partial charge in [-0.3, -0.25) is 0 Å². The number of rotatable bonds is 10. The van der Waals surface area contributed by atoms with E-state index in [2.05, 4.69) is 20.9 Å². The quantitative estimate of drug-likeness (QED) is 0.489. The van der Waals surface area contributed by atoms with E-state index in [1.54, 1.807) is 27.5 Å². The average Bonchev–Trinajstić information content (AvgIpc) is 2.83. The summed E-state index contributed by atoms with van der Waals surface area (Å²) in [6.45, 7) is 1.22. The van der Waals surface area contributed by atoms with Crippen molar-refractivity contribution in [2.45, 2.75) is 25.9 Å². The summed E-state index contributed by atoms with van der Waals surface area (Å²) in [5.74, 6) is 2.68. The summed E-state index contributed by atoms with van der Waals surface area (Å²) >= 11 is 0. The molecule has 0 amide bonds. The molecule has 7 heteroatoms. The average molecular weight is 418 g/mol. The summed E-state index contributed by atoms with van der Waals surface area (Å²) in [5, 5.41) is 8.88. The van der Waals surface area contributed by atoms with Crippen LogP contribution in [-0.2, 0) is 19.5 Å². The smallest absolute Gasteiger partial charge is 0.229 e. The molecule has 1 aromatic heterocycles. The van der Waals surface area contributed by atoms with Gasteiger partial charge in [-0.15, -0.1) is 0 Å². The number of nitriles is 1. The van der Waals surface area contributed by atoms with Gasteiger partial charge in [0.05, 0.1) is 27.4 Å². The van der Waals surface area contributed by atoms with E-state index in [4.69, 9.17) is 19.5 Å². The zero-order valence-corrected chi connectivity index (χ0v) is 18.0. The molecule has 0 aliphatic carbocycles. The van der Waals surface area contributed by atoms with Gasteiger partial charge in [0.1, 0.15) is 11.5 Å². The van der Waals surface area contributed by atoms with E-state index in [0.29, 0.717) is 37.8 Å². The van der Waals surface area contributed by atoms with E-state index in [-0.39, 0.29) is 0 Å². The molecule has 160 valence electrons. The lowest BCUT2D eigenvalue weighted by Crippen LogP contribution is -2.24. The second kappa shape index (κ2) is 10.8. The molecule has 0 saturated heterocycles. The molecule has 0 radical (unpaired) electrons. The van der Waals surface area contributed by atoms with E-state index in [0.717, 1.165) is 28.2 Å². The van der Waals surface area contributed by atoms with E-state index in [9.17, 15) is 0 Å². The number of ether oxygens (including phenoxy) is 3. The maximum atomic E-state index is 8.88. The van der Waals surface area contributed by atoms with Gasteiger partial charge in [-0.1, -0.05) is 24.3 Å². The zero-order valence-electron chi connectivity index (χ0n) is 18.0. The Hall–Kier alpha value is -3.79. The lowest BCUT2D eigenvalue weighted by atomic mass is 10.1. The van der Waals surface area contributed by atoms with E-state index >= 15 is 0 Å². The van der Waals surface area contributed by atoms with Gasteiger partial charge in [-0.05, 0) is 41.8 Å². The molecular weight excluding hydrogens is 392 g/mol. The first-order valence-corrected chi connectivity index (χ1v) is 9.94. The van der Waals surface area contributed by atoms with Crippen LogP contribution in [0.15, 0.2) is 54.7 Å². The minimum absolute atomic E-state index is 0.389. The Morgan fingerprint density at radius 3 is 1.84 bits per heavy atom. The fourth-order valence-corrected chi connectivity index (χ4v) is 3.17. The molecular formula is C24H26N4O3. The van der Waals surface area contributed by atoms with Gasteiger partial charge in [0, 0.05) is 31.3 Å². The molecule has 0 aliphatic heterocycles. The molecule has 0 fully saturated rings. The Balaban J connectivity index is 1.90.